The zero-order chi connectivity index (χ0) is 22.4. The number of urea groups is 1. The highest BCUT2D eigenvalue weighted by Gasteiger charge is 2.13. The average molecular weight is 426 g/mol. The fourth-order valence-corrected chi connectivity index (χ4v) is 2.37. The maximum absolute atomic E-state index is 14.3. The maximum Gasteiger partial charge on any atom is 0.325 e. The molecule has 0 unspecified atom stereocenters. The van der Waals surface area contributed by atoms with Crippen LogP contribution in [0.1, 0.15) is 16.2 Å². The molecule has 1 aromatic heterocycles. The number of ether oxygens (including phenoxy) is 1. The minimum atomic E-state index is -0.901. The second-order valence-electron chi connectivity index (χ2n) is 6.08. The molecule has 0 bridgehead atoms. The second kappa shape index (κ2) is 9.39. The number of primary amides is 1. The number of carbonyl (C=O) groups excluding carboxylic acids is 3. The molecule has 1 radical (unpaired) electrons. The van der Waals surface area contributed by atoms with Crippen LogP contribution in [-0.4, -0.2) is 27.8 Å². The van der Waals surface area contributed by atoms with Crippen LogP contribution in [0.4, 0.5) is 19.3 Å². The molecular formula is C20H14F2N5O4. The van der Waals surface area contributed by atoms with Gasteiger partial charge in [-0.25, -0.2) is 18.6 Å². The van der Waals surface area contributed by atoms with Crippen LogP contribution < -0.4 is 21.1 Å². The van der Waals surface area contributed by atoms with Crippen molar-refractivity contribution in [3.63, 3.8) is 0 Å². The van der Waals surface area contributed by atoms with Crippen LogP contribution in [-0.2, 0) is 11.2 Å². The third-order valence-corrected chi connectivity index (χ3v) is 3.73. The van der Waals surface area contributed by atoms with Crippen molar-refractivity contribution in [2.45, 2.75) is 6.42 Å². The Labute approximate surface area is 174 Å². The van der Waals surface area contributed by atoms with Gasteiger partial charge in [0.1, 0.15) is 5.82 Å². The summed E-state index contributed by atoms with van der Waals surface area (Å²) in [5.74, 6) is -3.58. The molecule has 0 fully saturated rings. The average Bonchev–Trinajstić information content (AvgIpc) is 2.72. The third-order valence-electron chi connectivity index (χ3n) is 3.73. The Kier molecular flexibility index (Phi) is 6.45. The number of anilines is 1. The van der Waals surface area contributed by atoms with E-state index in [9.17, 15) is 23.2 Å². The molecule has 0 saturated carbocycles. The molecule has 9 nitrogen and oxygen atoms in total. The summed E-state index contributed by atoms with van der Waals surface area (Å²) in [6.45, 7) is 0. The van der Waals surface area contributed by atoms with Crippen LogP contribution in [0.3, 0.4) is 0 Å². The predicted molar refractivity (Wildman–Crippen MR) is 103 cm³/mol. The van der Waals surface area contributed by atoms with Gasteiger partial charge in [0.05, 0.1) is 12.6 Å². The van der Waals surface area contributed by atoms with E-state index in [-0.39, 0.29) is 29.6 Å². The van der Waals surface area contributed by atoms with Crippen LogP contribution in [0.5, 0.6) is 11.6 Å². The zero-order valence-electron chi connectivity index (χ0n) is 15.7. The zero-order valence-corrected chi connectivity index (χ0v) is 15.7. The Hall–Kier alpha value is -4.41. The molecule has 157 valence electrons. The van der Waals surface area contributed by atoms with Gasteiger partial charge in [-0.3, -0.25) is 14.9 Å². The van der Waals surface area contributed by atoms with Crippen molar-refractivity contribution in [2.75, 3.05) is 5.32 Å². The van der Waals surface area contributed by atoms with E-state index in [1.165, 1.54) is 42.5 Å². The highest BCUT2D eigenvalue weighted by Crippen LogP contribution is 2.25. The quantitative estimate of drug-likeness (QED) is 0.553. The third kappa shape index (κ3) is 6.03. The minimum absolute atomic E-state index is 0.0454. The number of halogens is 2. The smallest absolute Gasteiger partial charge is 0.325 e. The number of imide groups is 1. The molecule has 0 aliphatic heterocycles. The summed E-state index contributed by atoms with van der Waals surface area (Å²) >= 11 is 0. The number of hydrogen-bond acceptors (Lipinski definition) is 6. The molecule has 0 aliphatic rings. The van der Waals surface area contributed by atoms with Crippen molar-refractivity contribution in [1.29, 1.82) is 0 Å². The number of benzene rings is 2. The largest absolute Gasteiger partial charge is 0.436 e. The molecule has 2 aromatic carbocycles. The maximum atomic E-state index is 14.3. The van der Waals surface area contributed by atoms with Gasteiger partial charge in [-0.05, 0) is 29.8 Å². The van der Waals surface area contributed by atoms with E-state index in [2.05, 4.69) is 26.8 Å². The van der Waals surface area contributed by atoms with E-state index in [0.29, 0.717) is 5.56 Å². The van der Waals surface area contributed by atoms with Crippen LogP contribution in [0.15, 0.2) is 48.5 Å². The van der Waals surface area contributed by atoms with Gasteiger partial charge < -0.3 is 15.8 Å². The topological polar surface area (TPSA) is 136 Å². The van der Waals surface area contributed by atoms with Crippen molar-refractivity contribution >= 4 is 23.5 Å². The Morgan fingerprint density at radius 2 is 1.84 bits per heavy atom. The first-order valence-corrected chi connectivity index (χ1v) is 8.68. The molecular weight excluding hydrogens is 412 g/mol. The first-order valence-electron chi connectivity index (χ1n) is 8.68. The summed E-state index contributed by atoms with van der Waals surface area (Å²) in [4.78, 5) is 42.1. The summed E-state index contributed by atoms with van der Waals surface area (Å²) in [6.07, 6.45) is 2.21. The fourth-order valence-electron chi connectivity index (χ4n) is 2.37. The lowest BCUT2D eigenvalue weighted by Gasteiger charge is -2.10. The monoisotopic (exact) mass is 426 g/mol. The molecule has 0 spiro atoms. The number of aromatic nitrogens is 2. The number of nitrogens with zero attached hydrogens (tertiary/aromatic N) is 2. The second-order valence-corrected chi connectivity index (χ2v) is 6.08. The molecule has 4 N–H and O–H groups in total. The summed E-state index contributed by atoms with van der Waals surface area (Å²) < 4.78 is 32.4. The van der Waals surface area contributed by atoms with Crippen molar-refractivity contribution in [1.82, 2.24) is 15.3 Å². The normalized spacial score (nSPS) is 10.3. The van der Waals surface area contributed by atoms with E-state index in [0.717, 1.165) is 6.07 Å². The molecule has 0 saturated heterocycles. The van der Waals surface area contributed by atoms with Gasteiger partial charge in [0.2, 0.25) is 17.6 Å². The molecule has 0 atom stereocenters. The van der Waals surface area contributed by atoms with Crippen LogP contribution in [0.2, 0.25) is 0 Å². The van der Waals surface area contributed by atoms with E-state index >= 15 is 0 Å². The van der Waals surface area contributed by atoms with Crippen molar-refractivity contribution in [2.24, 2.45) is 5.73 Å². The standard InChI is InChI=1S/C20H14F2N5O4/c21-12-3-1-11(2-4-12)9-16(28)26-20(30)25-13-5-6-15(14(22)10-13)31-17-7-8-24-19(27-17)18(23)29/h1-7,10H,9H2,(H2,23,29)(H2,25,26,28,30). The number of carbonyl (C=O) groups is 3. The van der Waals surface area contributed by atoms with Gasteiger partial charge in [-0.2, -0.15) is 4.98 Å². The van der Waals surface area contributed by atoms with Gasteiger partial charge in [0.15, 0.2) is 11.6 Å². The Bertz CT molecular complexity index is 1140. The number of hydrogen-bond donors (Lipinski definition) is 3. The van der Waals surface area contributed by atoms with Gasteiger partial charge in [0.25, 0.3) is 5.91 Å². The number of nitrogens with two attached hydrogens (primary N) is 1. The molecule has 3 rings (SSSR count). The van der Waals surface area contributed by atoms with Gasteiger partial charge in [0, 0.05) is 17.8 Å². The molecule has 3 aromatic rings. The van der Waals surface area contributed by atoms with E-state index in [1.807, 2.05) is 0 Å². The highest BCUT2D eigenvalue weighted by molar-refractivity contribution is 6.01. The summed E-state index contributed by atoms with van der Waals surface area (Å²) in [5.41, 5.74) is 5.62. The van der Waals surface area contributed by atoms with E-state index < -0.39 is 29.5 Å². The molecule has 4 amide bonds. The predicted octanol–water partition coefficient (Wildman–Crippen LogP) is 2.34. The lowest BCUT2D eigenvalue weighted by molar-refractivity contribution is -0.119. The number of nitrogens with one attached hydrogen (secondary N) is 2. The lowest BCUT2D eigenvalue weighted by Crippen LogP contribution is -2.35. The molecule has 11 heteroatoms. The minimum Gasteiger partial charge on any atom is -0.436 e. The van der Waals surface area contributed by atoms with Crippen molar-refractivity contribution in [3.05, 3.63) is 77.8 Å². The van der Waals surface area contributed by atoms with E-state index in [1.54, 1.807) is 0 Å². The van der Waals surface area contributed by atoms with Crippen LogP contribution in [0.25, 0.3) is 0 Å². The molecule has 1 heterocycles. The summed E-state index contributed by atoms with van der Waals surface area (Å²) in [7, 11) is 0. The number of amides is 4. The van der Waals surface area contributed by atoms with Crippen molar-refractivity contribution < 1.29 is 27.9 Å². The number of rotatable bonds is 6. The fraction of sp³-hybridized carbons (Fsp3) is 0.0500. The van der Waals surface area contributed by atoms with Crippen LogP contribution >= 0.6 is 0 Å². The summed E-state index contributed by atoms with van der Waals surface area (Å²) in [6, 6.07) is 9.02. The van der Waals surface area contributed by atoms with Crippen LogP contribution in [0, 0.1) is 17.8 Å². The molecule has 31 heavy (non-hydrogen) atoms. The van der Waals surface area contributed by atoms with Crippen molar-refractivity contribution in [3.8, 4) is 11.6 Å². The van der Waals surface area contributed by atoms with E-state index in [4.69, 9.17) is 10.5 Å². The Morgan fingerprint density at radius 1 is 1.10 bits per heavy atom. The van der Waals surface area contributed by atoms with Gasteiger partial charge in [-0.15, -0.1) is 0 Å². The van der Waals surface area contributed by atoms with Gasteiger partial charge in [-0.1, -0.05) is 12.1 Å². The first-order chi connectivity index (χ1) is 14.8. The Morgan fingerprint density at radius 3 is 2.52 bits per heavy atom. The molecule has 0 aliphatic carbocycles. The Balaban J connectivity index is 1.58. The highest BCUT2D eigenvalue weighted by atomic mass is 19.1. The SMILES string of the molecule is NC(=O)c1n[c]cc(Oc2ccc(NC(=O)NC(=O)Cc3ccc(F)cc3)cc2F)n1. The summed E-state index contributed by atoms with van der Waals surface area (Å²) in [5, 5.41) is 4.39. The van der Waals surface area contributed by atoms with Gasteiger partial charge >= 0.3 is 6.03 Å². The first kappa shape index (κ1) is 21.3. The lowest BCUT2D eigenvalue weighted by atomic mass is 10.1.